The number of hydrogen-bond acceptors (Lipinski definition) is 8. The average Bonchev–Trinajstić information content (AvgIpc) is 3.17. The molecular formula is C47H95NO7. The lowest BCUT2D eigenvalue weighted by Gasteiger charge is -2.26. The van der Waals surface area contributed by atoms with Gasteiger partial charge in [0.1, 0.15) is 0 Å². The number of aliphatic hydroxyl groups excluding tert-OH is 3. The number of hydrogen-bond donors (Lipinski definition) is 3. The Hall–Kier alpha value is -1.22. The van der Waals surface area contributed by atoms with Crippen LogP contribution in [-0.2, 0) is 19.1 Å². The second-order valence-electron chi connectivity index (χ2n) is 16.5. The molecule has 0 aromatic rings. The molecule has 0 saturated heterocycles. The van der Waals surface area contributed by atoms with E-state index in [0.717, 1.165) is 44.4 Å². The number of carbonyl (C=O) groups excluding carboxylic acids is 2. The van der Waals surface area contributed by atoms with E-state index in [2.05, 4.69) is 39.4 Å². The molecule has 0 aliphatic carbocycles. The van der Waals surface area contributed by atoms with Crippen molar-refractivity contribution in [3.05, 3.63) is 0 Å². The summed E-state index contributed by atoms with van der Waals surface area (Å²) in [5, 5.41) is 30.1. The third-order valence-corrected chi connectivity index (χ3v) is 10.9. The fraction of sp³-hybridized carbons (Fsp3) is 0.957. The summed E-state index contributed by atoms with van der Waals surface area (Å²) in [5.74, 6) is 0.930. The first kappa shape index (κ1) is 55.9. The molecule has 55 heavy (non-hydrogen) atoms. The molecule has 4 atom stereocenters. The molecule has 0 aliphatic rings. The van der Waals surface area contributed by atoms with Gasteiger partial charge in [-0.05, 0) is 57.3 Å². The Morgan fingerprint density at radius 2 is 0.927 bits per heavy atom. The van der Waals surface area contributed by atoms with Crippen LogP contribution in [0.25, 0.3) is 0 Å². The molecule has 0 saturated carbocycles. The number of rotatable bonds is 42. The smallest absolute Gasteiger partial charge is 0.308 e. The van der Waals surface area contributed by atoms with Crippen LogP contribution in [0.3, 0.4) is 0 Å². The Labute approximate surface area is 341 Å². The zero-order valence-electron chi connectivity index (χ0n) is 37.3. The van der Waals surface area contributed by atoms with Gasteiger partial charge >= 0.3 is 5.97 Å². The van der Waals surface area contributed by atoms with Crippen molar-refractivity contribution in [2.24, 2.45) is 11.8 Å². The zero-order valence-corrected chi connectivity index (χ0v) is 37.3. The van der Waals surface area contributed by atoms with Gasteiger partial charge in [-0.25, -0.2) is 0 Å². The number of aliphatic hydroxyl groups is 3. The summed E-state index contributed by atoms with van der Waals surface area (Å²) in [6.45, 7) is 13.7. The van der Waals surface area contributed by atoms with Gasteiger partial charge in [0.2, 0.25) is 0 Å². The molecule has 4 unspecified atom stereocenters. The number of unbranched alkanes of at least 4 members (excludes halogenated alkanes) is 18. The maximum Gasteiger partial charge on any atom is 0.308 e. The van der Waals surface area contributed by atoms with Gasteiger partial charge in [-0.3, -0.25) is 14.5 Å². The number of carbonyl (C=O) groups is 2. The molecule has 0 fully saturated rings. The van der Waals surface area contributed by atoms with E-state index in [0.29, 0.717) is 65.0 Å². The molecule has 0 aliphatic heterocycles. The normalized spacial score (nSPS) is 13.5. The van der Waals surface area contributed by atoms with Gasteiger partial charge in [-0.1, -0.05) is 176 Å². The second kappa shape index (κ2) is 45.5. The molecule has 0 spiro atoms. The highest BCUT2D eigenvalue weighted by atomic mass is 16.5. The molecule has 0 aromatic carbocycles. The van der Waals surface area contributed by atoms with E-state index in [4.69, 9.17) is 4.74 Å². The van der Waals surface area contributed by atoms with Crippen molar-refractivity contribution in [1.82, 2.24) is 4.90 Å². The van der Waals surface area contributed by atoms with E-state index >= 15 is 0 Å². The predicted molar refractivity (Wildman–Crippen MR) is 232 cm³/mol. The highest BCUT2D eigenvalue weighted by molar-refractivity contribution is 5.72. The van der Waals surface area contributed by atoms with Gasteiger partial charge in [-0.15, -0.1) is 0 Å². The summed E-state index contributed by atoms with van der Waals surface area (Å²) in [6.07, 6.45) is 34.1. The van der Waals surface area contributed by atoms with Crippen LogP contribution < -0.4 is 0 Å². The molecule has 0 amide bonds. The Kier molecular flexibility index (Phi) is 46.2. The maximum absolute atomic E-state index is 12.8. The monoisotopic (exact) mass is 786 g/mol. The molecular weight excluding hydrogens is 691 g/mol. The first-order chi connectivity index (χ1) is 26.8. The van der Waals surface area contributed by atoms with Gasteiger partial charge in [0, 0.05) is 19.6 Å². The van der Waals surface area contributed by atoms with Gasteiger partial charge in [-0.2, -0.15) is 0 Å². The van der Waals surface area contributed by atoms with Crippen molar-refractivity contribution < 1.29 is 34.4 Å². The number of nitrogens with zero attached hydrogens (tertiary/aromatic N) is 1. The van der Waals surface area contributed by atoms with Crippen molar-refractivity contribution in [2.75, 3.05) is 39.5 Å². The molecule has 0 bridgehead atoms. The van der Waals surface area contributed by atoms with E-state index in [-0.39, 0.29) is 18.5 Å². The molecule has 8 heteroatoms. The topological polar surface area (TPSA) is 117 Å². The minimum absolute atomic E-state index is 0.00892. The molecule has 330 valence electrons. The molecule has 3 N–H and O–H groups in total. The fourth-order valence-corrected chi connectivity index (χ4v) is 7.27. The Balaban J connectivity index is 0. The van der Waals surface area contributed by atoms with E-state index in [9.17, 15) is 24.9 Å². The zero-order chi connectivity index (χ0) is 41.0. The predicted octanol–water partition coefficient (Wildman–Crippen LogP) is 11.7. The molecule has 0 radical (unpaired) electrons. The van der Waals surface area contributed by atoms with Crippen LogP contribution in [0.5, 0.6) is 0 Å². The number of ether oxygens (including phenoxy) is 2. The third-order valence-electron chi connectivity index (χ3n) is 10.9. The second-order valence-corrected chi connectivity index (χ2v) is 16.5. The fourth-order valence-electron chi connectivity index (χ4n) is 7.27. The van der Waals surface area contributed by atoms with Crippen molar-refractivity contribution in [3.8, 4) is 0 Å². The summed E-state index contributed by atoms with van der Waals surface area (Å²) in [6, 6.07) is 0. The van der Waals surface area contributed by atoms with E-state index in [1.165, 1.54) is 128 Å². The minimum atomic E-state index is -0.570. The van der Waals surface area contributed by atoms with Crippen LogP contribution >= 0.6 is 0 Å². The summed E-state index contributed by atoms with van der Waals surface area (Å²) in [4.78, 5) is 24.8. The SMILES string of the molecule is CCCCCCCCC(C)CCCCCC.CCCCCCCCC(CCCCCC)C(=O)OCCCCC(O)CN(CCO)CC(O)CCCCOC=O. The van der Waals surface area contributed by atoms with Gasteiger partial charge in [0.25, 0.3) is 6.47 Å². The summed E-state index contributed by atoms with van der Waals surface area (Å²) in [5.41, 5.74) is 0. The summed E-state index contributed by atoms with van der Waals surface area (Å²) >= 11 is 0. The van der Waals surface area contributed by atoms with Crippen LogP contribution in [0.15, 0.2) is 0 Å². The summed E-state index contributed by atoms with van der Waals surface area (Å²) in [7, 11) is 0. The van der Waals surface area contributed by atoms with Crippen molar-refractivity contribution >= 4 is 12.4 Å². The van der Waals surface area contributed by atoms with E-state index in [1.54, 1.807) is 0 Å². The van der Waals surface area contributed by atoms with E-state index < -0.39 is 12.2 Å². The largest absolute Gasteiger partial charge is 0.468 e. The van der Waals surface area contributed by atoms with Crippen LogP contribution in [0.2, 0.25) is 0 Å². The Bertz CT molecular complexity index is 770. The maximum atomic E-state index is 12.8. The van der Waals surface area contributed by atoms with Gasteiger partial charge < -0.3 is 24.8 Å². The molecule has 0 aromatic heterocycles. The Morgan fingerprint density at radius 1 is 0.545 bits per heavy atom. The van der Waals surface area contributed by atoms with Crippen molar-refractivity contribution in [2.45, 2.75) is 239 Å². The molecule has 8 nitrogen and oxygen atoms in total. The first-order valence-corrected chi connectivity index (χ1v) is 23.7. The number of esters is 1. The first-order valence-electron chi connectivity index (χ1n) is 23.7. The Morgan fingerprint density at radius 3 is 1.36 bits per heavy atom. The highest BCUT2D eigenvalue weighted by Crippen LogP contribution is 2.21. The highest BCUT2D eigenvalue weighted by Gasteiger charge is 2.20. The quantitative estimate of drug-likeness (QED) is 0.0318. The average molecular weight is 786 g/mol. The van der Waals surface area contributed by atoms with Crippen molar-refractivity contribution in [1.29, 1.82) is 0 Å². The summed E-state index contributed by atoms with van der Waals surface area (Å²) < 4.78 is 10.3. The van der Waals surface area contributed by atoms with Gasteiger partial charge in [0.15, 0.2) is 0 Å². The van der Waals surface area contributed by atoms with Crippen LogP contribution in [0.1, 0.15) is 227 Å². The molecule has 0 heterocycles. The van der Waals surface area contributed by atoms with Crippen LogP contribution in [0, 0.1) is 11.8 Å². The third kappa shape index (κ3) is 42.2. The van der Waals surface area contributed by atoms with Crippen molar-refractivity contribution in [3.63, 3.8) is 0 Å². The van der Waals surface area contributed by atoms with Crippen LogP contribution in [-0.4, -0.2) is 84.3 Å². The lowest BCUT2D eigenvalue weighted by atomic mass is 9.94. The standard InChI is InChI=1S/C31H61NO7.C16H34/c1-3-5-7-9-10-12-18-28(17-11-8-6-4-2)31(37)39-24-16-14-20-30(36)26-32(21-22-33)25-29(35)19-13-15-23-38-27-34;1-4-6-8-10-11-13-15-16(3)14-12-9-7-5-2/h27-30,33,35-36H,3-26H2,1-2H3;16H,4-15H2,1-3H3. The minimum Gasteiger partial charge on any atom is -0.468 e. The van der Waals surface area contributed by atoms with Gasteiger partial charge in [0.05, 0.1) is 37.9 Å². The lowest BCUT2D eigenvalue weighted by Crippen LogP contribution is -2.39. The van der Waals surface area contributed by atoms with Crippen LogP contribution in [0.4, 0.5) is 0 Å². The lowest BCUT2D eigenvalue weighted by molar-refractivity contribution is -0.149. The molecule has 0 rings (SSSR count). The van der Waals surface area contributed by atoms with E-state index in [1.807, 2.05) is 4.90 Å².